The lowest BCUT2D eigenvalue weighted by Gasteiger charge is -2.23. The lowest BCUT2D eigenvalue weighted by atomic mass is 10.3. The van der Waals surface area contributed by atoms with Crippen LogP contribution in [0.5, 0.6) is 0 Å². The number of nitrogens with one attached hydrogen (secondary N) is 2. The molecule has 1 saturated heterocycles. The van der Waals surface area contributed by atoms with Gasteiger partial charge in [0.1, 0.15) is 0 Å². The zero-order chi connectivity index (χ0) is 15.5. The van der Waals surface area contributed by atoms with E-state index in [1.165, 1.54) is 0 Å². The first-order valence-corrected chi connectivity index (χ1v) is 7.64. The molecular weight excluding hydrogens is 305 g/mol. The molecule has 1 aromatic carbocycles. The quantitative estimate of drug-likeness (QED) is 0.584. The molecule has 10 heteroatoms. The molecule has 1 aliphatic heterocycles. The minimum Gasteiger partial charge on any atom is -0.374 e. The Balaban J connectivity index is 2.08. The molecule has 1 aromatic rings. The van der Waals surface area contributed by atoms with Crippen molar-refractivity contribution in [3.8, 4) is 0 Å². The molecule has 1 unspecified atom stereocenters. The maximum absolute atomic E-state index is 13.5. The molecule has 0 aromatic heterocycles. The standard InChI is InChI=1S/C11H14FN3O5S/c12-10-5-9(1-2-11(10)15(16)17)21(18,19)14-7-8-6-13-3-4-20-8/h1-2,5,8,13-14H,3-4,6-7H2. The minimum atomic E-state index is -3.94. The highest BCUT2D eigenvalue weighted by Gasteiger charge is 2.22. The van der Waals surface area contributed by atoms with Gasteiger partial charge in [-0.3, -0.25) is 10.1 Å². The van der Waals surface area contributed by atoms with Crippen molar-refractivity contribution in [3.05, 3.63) is 34.1 Å². The van der Waals surface area contributed by atoms with Crippen molar-refractivity contribution in [1.29, 1.82) is 0 Å². The Bertz CT molecular complexity index is 631. The molecule has 0 radical (unpaired) electrons. The zero-order valence-corrected chi connectivity index (χ0v) is 11.7. The predicted molar refractivity (Wildman–Crippen MR) is 70.9 cm³/mol. The molecular formula is C11H14FN3O5S. The van der Waals surface area contributed by atoms with Crippen molar-refractivity contribution in [2.75, 3.05) is 26.2 Å². The molecule has 116 valence electrons. The van der Waals surface area contributed by atoms with Gasteiger partial charge in [0.25, 0.3) is 0 Å². The summed E-state index contributed by atoms with van der Waals surface area (Å²) in [5.41, 5.74) is -0.770. The number of hydrogen-bond acceptors (Lipinski definition) is 6. The van der Waals surface area contributed by atoms with Gasteiger partial charge < -0.3 is 10.1 Å². The van der Waals surface area contributed by atoms with Crippen LogP contribution in [0.1, 0.15) is 0 Å². The monoisotopic (exact) mass is 319 g/mol. The second-order valence-corrected chi connectivity index (χ2v) is 6.19. The number of nitro benzene ring substituents is 1. The van der Waals surface area contributed by atoms with Crippen LogP contribution in [0, 0.1) is 15.9 Å². The van der Waals surface area contributed by atoms with Gasteiger partial charge in [0.15, 0.2) is 0 Å². The summed E-state index contributed by atoms with van der Waals surface area (Å²) in [6, 6.07) is 2.44. The van der Waals surface area contributed by atoms with E-state index in [1.54, 1.807) is 0 Å². The highest BCUT2D eigenvalue weighted by Crippen LogP contribution is 2.20. The normalized spacial score (nSPS) is 19.4. The van der Waals surface area contributed by atoms with Crippen LogP contribution in [-0.2, 0) is 14.8 Å². The van der Waals surface area contributed by atoms with E-state index in [0.717, 1.165) is 12.1 Å². The third-order valence-electron chi connectivity index (χ3n) is 2.93. The lowest BCUT2D eigenvalue weighted by molar-refractivity contribution is -0.387. The minimum absolute atomic E-state index is 0.0357. The first-order chi connectivity index (χ1) is 9.90. The van der Waals surface area contributed by atoms with Gasteiger partial charge in [-0.1, -0.05) is 0 Å². The van der Waals surface area contributed by atoms with Gasteiger partial charge in [-0.05, 0) is 6.07 Å². The average molecular weight is 319 g/mol. The molecule has 0 spiro atoms. The number of halogens is 1. The van der Waals surface area contributed by atoms with E-state index in [-0.39, 0.29) is 17.5 Å². The molecule has 21 heavy (non-hydrogen) atoms. The molecule has 8 nitrogen and oxygen atoms in total. The third-order valence-corrected chi connectivity index (χ3v) is 4.35. The van der Waals surface area contributed by atoms with Gasteiger partial charge in [0.05, 0.1) is 22.5 Å². The van der Waals surface area contributed by atoms with Crippen LogP contribution >= 0.6 is 0 Å². The number of ether oxygens (including phenoxy) is 1. The molecule has 2 rings (SSSR count). The van der Waals surface area contributed by atoms with Crippen LogP contribution < -0.4 is 10.0 Å². The Morgan fingerprint density at radius 1 is 1.52 bits per heavy atom. The topological polar surface area (TPSA) is 111 Å². The zero-order valence-electron chi connectivity index (χ0n) is 10.9. The number of hydrogen-bond donors (Lipinski definition) is 2. The second-order valence-electron chi connectivity index (χ2n) is 4.42. The number of rotatable bonds is 5. The highest BCUT2D eigenvalue weighted by atomic mass is 32.2. The molecule has 0 bridgehead atoms. The summed E-state index contributed by atoms with van der Waals surface area (Å²) in [6.45, 7) is 1.74. The molecule has 0 amide bonds. The van der Waals surface area contributed by atoms with Gasteiger partial charge in [-0.15, -0.1) is 0 Å². The van der Waals surface area contributed by atoms with Gasteiger partial charge >= 0.3 is 5.69 Å². The molecule has 1 heterocycles. The van der Waals surface area contributed by atoms with Crippen molar-refractivity contribution in [2.45, 2.75) is 11.0 Å². The number of sulfonamides is 1. The van der Waals surface area contributed by atoms with Crippen LogP contribution in [-0.4, -0.2) is 45.7 Å². The summed E-state index contributed by atoms with van der Waals surface area (Å²) >= 11 is 0. The van der Waals surface area contributed by atoms with Gasteiger partial charge in [-0.25, -0.2) is 13.1 Å². The Morgan fingerprint density at radius 2 is 2.29 bits per heavy atom. The SMILES string of the molecule is O=[N+]([O-])c1ccc(S(=O)(=O)NCC2CNCCO2)cc1F. The fourth-order valence-corrected chi connectivity index (χ4v) is 2.92. The Labute approximate surface area is 120 Å². The van der Waals surface area contributed by atoms with Crippen molar-refractivity contribution in [2.24, 2.45) is 0 Å². The van der Waals surface area contributed by atoms with E-state index in [9.17, 15) is 22.9 Å². The van der Waals surface area contributed by atoms with Gasteiger partial charge in [-0.2, -0.15) is 4.39 Å². The van der Waals surface area contributed by atoms with Crippen molar-refractivity contribution in [3.63, 3.8) is 0 Å². The number of nitro groups is 1. The van der Waals surface area contributed by atoms with E-state index in [1.807, 2.05) is 0 Å². The van der Waals surface area contributed by atoms with Crippen molar-refractivity contribution < 1.29 is 22.5 Å². The van der Waals surface area contributed by atoms with E-state index < -0.39 is 26.5 Å². The third kappa shape index (κ3) is 3.94. The Morgan fingerprint density at radius 3 is 2.86 bits per heavy atom. The summed E-state index contributed by atoms with van der Waals surface area (Å²) in [7, 11) is -3.94. The number of nitrogens with zero attached hydrogens (tertiary/aromatic N) is 1. The first-order valence-electron chi connectivity index (χ1n) is 6.16. The smallest absolute Gasteiger partial charge is 0.304 e. The van der Waals surface area contributed by atoms with Gasteiger partial charge in [0, 0.05) is 31.8 Å². The predicted octanol–water partition coefficient (Wildman–Crippen LogP) is 0.000600. The second kappa shape index (κ2) is 6.43. The van der Waals surface area contributed by atoms with E-state index in [4.69, 9.17) is 4.74 Å². The molecule has 1 fully saturated rings. The summed E-state index contributed by atoms with van der Waals surface area (Å²) in [5.74, 6) is -1.20. The Kier molecular flexibility index (Phi) is 4.83. The fraction of sp³-hybridized carbons (Fsp3) is 0.455. The molecule has 0 saturated carbocycles. The number of morpholine rings is 1. The average Bonchev–Trinajstić information content (AvgIpc) is 2.46. The first kappa shape index (κ1) is 15.8. The van der Waals surface area contributed by atoms with Crippen LogP contribution in [0.2, 0.25) is 0 Å². The highest BCUT2D eigenvalue weighted by molar-refractivity contribution is 7.89. The lowest BCUT2D eigenvalue weighted by Crippen LogP contribution is -2.45. The van der Waals surface area contributed by atoms with E-state index in [2.05, 4.69) is 10.0 Å². The van der Waals surface area contributed by atoms with E-state index >= 15 is 0 Å². The molecule has 1 atom stereocenters. The fourth-order valence-electron chi connectivity index (χ4n) is 1.84. The maximum atomic E-state index is 13.5. The van der Waals surface area contributed by atoms with Crippen molar-refractivity contribution in [1.82, 2.24) is 10.0 Å². The van der Waals surface area contributed by atoms with E-state index in [0.29, 0.717) is 25.8 Å². The maximum Gasteiger partial charge on any atom is 0.304 e. The van der Waals surface area contributed by atoms with Gasteiger partial charge in [0.2, 0.25) is 15.8 Å². The summed E-state index contributed by atoms with van der Waals surface area (Å²) in [5, 5.41) is 13.5. The van der Waals surface area contributed by atoms with Crippen LogP contribution in [0.3, 0.4) is 0 Å². The van der Waals surface area contributed by atoms with Crippen LogP contribution in [0.15, 0.2) is 23.1 Å². The molecule has 2 N–H and O–H groups in total. The van der Waals surface area contributed by atoms with Crippen molar-refractivity contribution >= 4 is 15.7 Å². The van der Waals surface area contributed by atoms with Crippen LogP contribution in [0.4, 0.5) is 10.1 Å². The summed E-state index contributed by atoms with van der Waals surface area (Å²) < 4.78 is 45.0. The summed E-state index contributed by atoms with van der Waals surface area (Å²) in [4.78, 5) is 9.21. The summed E-state index contributed by atoms with van der Waals surface area (Å²) in [6.07, 6.45) is -0.309. The molecule has 0 aliphatic carbocycles. The Hall–Kier alpha value is -1.62. The largest absolute Gasteiger partial charge is 0.374 e. The number of benzene rings is 1. The molecule has 1 aliphatic rings. The van der Waals surface area contributed by atoms with Crippen LogP contribution in [0.25, 0.3) is 0 Å².